The molecule has 0 radical (unpaired) electrons. The first kappa shape index (κ1) is 11.4. The molecule has 1 unspecified atom stereocenters. The third-order valence-electron chi connectivity index (χ3n) is 2.06. The number of hydrogen-bond acceptors (Lipinski definition) is 2. The highest BCUT2D eigenvalue weighted by molar-refractivity contribution is 14.1. The Morgan fingerprint density at radius 2 is 2.33 bits per heavy atom. The van der Waals surface area contributed by atoms with Crippen molar-refractivity contribution in [2.24, 2.45) is 0 Å². The van der Waals surface area contributed by atoms with Gasteiger partial charge in [0.1, 0.15) is 0 Å². The summed E-state index contributed by atoms with van der Waals surface area (Å²) in [5.41, 5.74) is 2.23. The minimum absolute atomic E-state index is 0.0275. The van der Waals surface area contributed by atoms with Gasteiger partial charge >= 0.3 is 0 Å². The maximum absolute atomic E-state index is 6.32. The first-order chi connectivity index (χ1) is 7.25. The lowest BCUT2D eigenvalue weighted by Crippen LogP contribution is -1.96. The van der Waals surface area contributed by atoms with Crippen molar-refractivity contribution in [1.29, 1.82) is 0 Å². The van der Waals surface area contributed by atoms with Gasteiger partial charge in [0.25, 0.3) is 0 Å². The normalized spacial score (nSPS) is 12.7. The van der Waals surface area contributed by atoms with Crippen LogP contribution in [0.1, 0.15) is 16.6 Å². The number of nitrogens with zero attached hydrogens (tertiary/aromatic N) is 1. The third-order valence-corrected chi connectivity index (χ3v) is 4.28. The standard InChI is InChI=1S/C11H9ClINS/c12-10(8-5-11(13)15-7-8)6-9-3-1-2-4-14-9/h1-5,7,10H,6H2. The van der Waals surface area contributed by atoms with Crippen LogP contribution < -0.4 is 0 Å². The maximum Gasteiger partial charge on any atom is 0.0656 e. The van der Waals surface area contributed by atoms with E-state index in [1.165, 1.54) is 8.45 Å². The molecule has 1 nitrogen and oxygen atoms in total. The molecule has 0 amide bonds. The van der Waals surface area contributed by atoms with E-state index in [0.29, 0.717) is 0 Å². The molecule has 0 aromatic carbocycles. The van der Waals surface area contributed by atoms with Crippen LogP contribution in [-0.4, -0.2) is 4.98 Å². The van der Waals surface area contributed by atoms with Crippen molar-refractivity contribution in [2.45, 2.75) is 11.8 Å². The molecule has 0 spiro atoms. The van der Waals surface area contributed by atoms with E-state index in [9.17, 15) is 0 Å². The number of aromatic nitrogens is 1. The highest BCUT2D eigenvalue weighted by atomic mass is 127. The van der Waals surface area contributed by atoms with Gasteiger partial charge < -0.3 is 0 Å². The molecule has 0 aliphatic heterocycles. The van der Waals surface area contributed by atoms with Crippen LogP contribution in [0.4, 0.5) is 0 Å². The van der Waals surface area contributed by atoms with Crippen LogP contribution >= 0.6 is 45.5 Å². The Morgan fingerprint density at radius 3 is 2.93 bits per heavy atom. The summed E-state index contributed by atoms with van der Waals surface area (Å²) in [5.74, 6) is 0. The van der Waals surface area contributed by atoms with E-state index in [1.54, 1.807) is 17.5 Å². The number of halogens is 2. The van der Waals surface area contributed by atoms with E-state index in [2.05, 4.69) is 39.0 Å². The number of hydrogen-bond donors (Lipinski definition) is 0. The van der Waals surface area contributed by atoms with E-state index in [-0.39, 0.29) is 5.38 Å². The van der Waals surface area contributed by atoms with E-state index < -0.39 is 0 Å². The van der Waals surface area contributed by atoms with Crippen molar-refractivity contribution >= 4 is 45.5 Å². The molecule has 2 heterocycles. The Morgan fingerprint density at radius 1 is 1.47 bits per heavy atom. The molecule has 0 bridgehead atoms. The predicted octanol–water partition coefficient (Wildman–Crippen LogP) is 4.27. The average Bonchev–Trinajstić information content (AvgIpc) is 2.66. The predicted molar refractivity (Wildman–Crippen MR) is 73.6 cm³/mol. The number of alkyl halides is 1. The van der Waals surface area contributed by atoms with Crippen molar-refractivity contribution < 1.29 is 0 Å². The van der Waals surface area contributed by atoms with Crippen LogP contribution in [0.25, 0.3) is 0 Å². The van der Waals surface area contributed by atoms with Crippen LogP contribution in [-0.2, 0) is 6.42 Å². The van der Waals surface area contributed by atoms with Crippen LogP contribution in [0.15, 0.2) is 35.8 Å². The van der Waals surface area contributed by atoms with E-state index >= 15 is 0 Å². The van der Waals surface area contributed by atoms with Crippen LogP contribution in [0, 0.1) is 2.88 Å². The zero-order chi connectivity index (χ0) is 10.7. The molecule has 2 aromatic heterocycles. The summed E-state index contributed by atoms with van der Waals surface area (Å²) in [6, 6.07) is 8.04. The van der Waals surface area contributed by atoms with Crippen LogP contribution in [0.3, 0.4) is 0 Å². The summed E-state index contributed by atoms with van der Waals surface area (Å²) in [5, 5.41) is 2.14. The molecule has 0 aliphatic carbocycles. The molecule has 0 N–H and O–H groups in total. The summed E-state index contributed by atoms with van der Waals surface area (Å²) in [4.78, 5) is 4.27. The van der Waals surface area contributed by atoms with E-state index in [0.717, 1.165) is 12.1 Å². The smallest absolute Gasteiger partial charge is 0.0656 e. The van der Waals surface area contributed by atoms with Gasteiger partial charge in [-0.05, 0) is 51.7 Å². The summed E-state index contributed by atoms with van der Waals surface area (Å²) < 4.78 is 1.27. The fraction of sp³-hybridized carbons (Fsp3) is 0.182. The minimum Gasteiger partial charge on any atom is -0.261 e. The quantitative estimate of drug-likeness (QED) is 0.596. The molecule has 0 saturated carbocycles. The second-order valence-corrected chi connectivity index (χ2v) is 6.51. The third kappa shape index (κ3) is 3.16. The van der Waals surface area contributed by atoms with Gasteiger partial charge in [-0.1, -0.05) is 6.07 Å². The van der Waals surface area contributed by atoms with Gasteiger partial charge in [0.05, 0.1) is 8.26 Å². The number of thiophene rings is 1. The molecule has 0 aliphatic rings. The first-order valence-electron chi connectivity index (χ1n) is 4.53. The summed E-state index contributed by atoms with van der Waals surface area (Å²) in [6.45, 7) is 0. The van der Waals surface area contributed by atoms with Crippen molar-refractivity contribution in [3.05, 3.63) is 50.0 Å². The molecule has 1 atom stereocenters. The van der Waals surface area contributed by atoms with Gasteiger partial charge in [-0.15, -0.1) is 22.9 Å². The van der Waals surface area contributed by atoms with Gasteiger partial charge in [0.15, 0.2) is 0 Å². The molecule has 78 valence electrons. The van der Waals surface area contributed by atoms with Gasteiger partial charge in [0, 0.05) is 18.3 Å². The van der Waals surface area contributed by atoms with E-state index in [4.69, 9.17) is 11.6 Å². The molecule has 2 aromatic rings. The van der Waals surface area contributed by atoms with Crippen molar-refractivity contribution in [3.63, 3.8) is 0 Å². The fourth-order valence-electron chi connectivity index (χ4n) is 1.31. The zero-order valence-corrected chi connectivity index (χ0v) is 11.6. The Hall–Kier alpha value is -0.130. The van der Waals surface area contributed by atoms with Crippen molar-refractivity contribution in [1.82, 2.24) is 4.98 Å². The maximum atomic E-state index is 6.32. The minimum atomic E-state index is 0.0275. The van der Waals surface area contributed by atoms with Crippen LogP contribution in [0.2, 0.25) is 0 Å². The molecule has 4 heteroatoms. The largest absolute Gasteiger partial charge is 0.261 e. The van der Waals surface area contributed by atoms with Crippen molar-refractivity contribution in [2.75, 3.05) is 0 Å². The lowest BCUT2D eigenvalue weighted by Gasteiger charge is -2.06. The summed E-state index contributed by atoms with van der Waals surface area (Å²) >= 11 is 10.4. The molecule has 15 heavy (non-hydrogen) atoms. The molecular formula is C11H9ClINS. The Balaban J connectivity index is 2.07. The lowest BCUT2D eigenvalue weighted by atomic mass is 10.1. The Labute approximate surface area is 112 Å². The van der Waals surface area contributed by atoms with Crippen LogP contribution in [0.5, 0.6) is 0 Å². The number of pyridine rings is 1. The topological polar surface area (TPSA) is 12.9 Å². The average molecular weight is 350 g/mol. The van der Waals surface area contributed by atoms with Crippen molar-refractivity contribution in [3.8, 4) is 0 Å². The summed E-state index contributed by atoms with van der Waals surface area (Å²) in [6.07, 6.45) is 2.59. The monoisotopic (exact) mass is 349 g/mol. The Kier molecular flexibility index (Phi) is 3.99. The zero-order valence-electron chi connectivity index (χ0n) is 7.86. The molecule has 2 rings (SSSR count). The van der Waals surface area contributed by atoms with Gasteiger partial charge in [-0.25, -0.2) is 0 Å². The molecular weight excluding hydrogens is 341 g/mol. The fourth-order valence-corrected chi connectivity index (χ4v) is 3.09. The molecule has 0 fully saturated rings. The lowest BCUT2D eigenvalue weighted by molar-refractivity contribution is 0.884. The summed E-state index contributed by atoms with van der Waals surface area (Å²) in [7, 11) is 0. The second-order valence-electron chi connectivity index (χ2n) is 3.18. The Bertz CT molecular complexity index is 429. The first-order valence-corrected chi connectivity index (χ1v) is 6.93. The number of rotatable bonds is 3. The van der Waals surface area contributed by atoms with Gasteiger partial charge in [-0.2, -0.15) is 0 Å². The molecule has 0 saturated heterocycles. The highest BCUT2D eigenvalue weighted by Gasteiger charge is 2.11. The highest BCUT2D eigenvalue weighted by Crippen LogP contribution is 2.28. The SMILES string of the molecule is ClC(Cc1ccccn1)c1csc(I)c1. The van der Waals surface area contributed by atoms with Gasteiger partial charge in [0.2, 0.25) is 0 Å². The van der Waals surface area contributed by atoms with E-state index in [1.807, 2.05) is 18.2 Å². The van der Waals surface area contributed by atoms with Gasteiger partial charge in [-0.3, -0.25) is 4.98 Å². The second kappa shape index (κ2) is 5.27.